The van der Waals surface area contributed by atoms with Crippen LogP contribution in [0.1, 0.15) is 37.1 Å². The second-order valence-electron chi connectivity index (χ2n) is 5.14. The molecule has 2 aliphatic rings. The Balaban J connectivity index is 1.92. The average Bonchev–Trinajstić information content (AvgIpc) is 2.55. The second kappa shape index (κ2) is 4.19. The first-order valence-electron chi connectivity index (χ1n) is 6.25. The number of hydrogen-bond acceptors (Lipinski definition) is 4. The normalized spacial score (nSPS) is 31.9. The quantitative estimate of drug-likeness (QED) is 0.746. The van der Waals surface area contributed by atoms with Crippen LogP contribution < -0.4 is 4.90 Å². The maximum atomic E-state index is 4.60. The Bertz CT molecular complexity index is 423. The number of aryl methyl sites for hydroxylation is 2. The van der Waals surface area contributed by atoms with E-state index in [0.717, 1.165) is 17.3 Å². The summed E-state index contributed by atoms with van der Waals surface area (Å²) in [4.78, 5) is 7.66. The minimum atomic E-state index is 0.599. The highest BCUT2D eigenvalue weighted by Crippen LogP contribution is 2.40. The molecule has 2 aliphatic heterocycles. The van der Waals surface area contributed by atoms with Crippen molar-refractivity contribution in [2.45, 2.75) is 56.4 Å². The van der Waals surface area contributed by atoms with Crippen LogP contribution in [0.25, 0.3) is 0 Å². The zero-order valence-corrected chi connectivity index (χ0v) is 11.8. The Labute approximate surface area is 110 Å². The largest absolute Gasteiger partial charge is 0.333 e. The van der Waals surface area contributed by atoms with E-state index in [1.807, 2.05) is 13.8 Å². The molecule has 5 heteroatoms. The molecule has 2 fully saturated rings. The highest BCUT2D eigenvalue weighted by atomic mass is 79.9. The highest BCUT2D eigenvalue weighted by molar-refractivity contribution is 9.09. The summed E-state index contributed by atoms with van der Waals surface area (Å²) in [5, 5.41) is 8.48. The van der Waals surface area contributed by atoms with Gasteiger partial charge in [0.15, 0.2) is 0 Å². The van der Waals surface area contributed by atoms with Gasteiger partial charge in [0.05, 0.1) is 11.4 Å². The first kappa shape index (κ1) is 11.4. The third kappa shape index (κ3) is 1.94. The van der Waals surface area contributed by atoms with Crippen molar-refractivity contribution in [1.29, 1.82) is 0 Å². The molecule has 2 unspecified atom stereocenters. The molecule has 0 aliphatic carbocycles. The molecule has 3 rings (SSSR count). The van der Waals surface area contributed by atoms with Gasteiger partial charge in [-0.25, -0.2) is 4.98 Å². The van der Waals surface area contributed by atoms with E-state index in [1.54, 1.807) is 0 Å². The first-order valence-corrected chi connectivity index (χ1v) is 7.17. The molecule has 1 aromatic rings. The van der Waals surface area contributed by atoms with Crippen molar-refractivity contribution in [3.05, 3.63) is 11.4 Å². The van der Waals surface area contributed by atoms with Gasteiger partial charge < -0.3 is 4.90 Å². The predicted octanol–water partition coefficient (Wildman–Crippen LogP) is 2.38. The van der Waals surface area contributed by atoms with E-state index in [9.17, 15) is 0 Å². The predicted molar refractivity (Wildman–Crippen MR) is 70.5 cm³/mol. The summed E-state index contributed by atoms with van der Waals surface area (Å²) in [7, 11) is 0. The van der Waals surface area contributed by atoms with E-state index in [4.69, 9.17) is 0 Å². The van der Waals surface area contributed by atoms with Gasteiger partial charge in [-0.1, -0.05) is 15.9 Å². The summed E-state index contributed by atoms with van der Waals surface area (Å²) in [6.07, 6.45) is 4.94. The van der Waals surface area contributed by atoms with Crippen LogP contribution in [0.3, 0.4) is 0 Å². The topological polar surface area (TPSA) is 41.9 Å². The number of hydrogen-bond donors (Lipinski definition) is 0. The SMILES string of the molecule is Cc1nnc(N2C3CCC2CC(Br)C3)nc1C. The fourth-order valence-corrected chi connectivity index (χ4v) is 3.85. The highest BCUT2D eigenvalue weighted by Gasteiger charge is 2.41. The maximum Gasteiger partial charge on any atom is 0.246 e. The molecule has 2 bridgehead atoms. The second-order valence-corrected chi connectivity index (χ2v) is 6.44. The standard InChI is InChI=1S/C12H17BrN4/c1-7-8(2)15-16-12(14-7)17-10-3-4-11(17)6-9(13)5-10/h9-11H,3-6H2,1-2H3. The maximum absolute atomic E-state index is 4.60. The third-order valence-corrected chi connectivity index (χ3v) is 4.73. The molecule has 2 atom stereocenters. The van der Waals surface area contributed by atoms with Crippen molar-refractivity contribution in [3.63, 3.8) is 0 Å². The summed E-state index contributed by atoms with van der Waals surface area (Å²) in [6.45, 7) is 3.96. The number of anilines is 1. The number of nitrogens with zero attached hydrogens (tertiary/aromatic N) is 4. The van der Waals surface area contributed by atoms with Crippen molar-refractivity contribution in [1.82, 2.24) is 15.2 Å². The molecule has 0 aromatic carbocycles. The molecule has 3 heterocycles. The number of fused-ring (bicyclic) bond motifs is 2. The molecule has 4 nitrogen and oxygen atoms in total. The zero-order chi connectivity index (χ0) is 12.0. The number of halogens is 1. The lowest BCUT2D eigenvalue weighted by Crippen LogP contribution is -2.44. The van der Waals surface area contributed by atoms with Gasteiger partial charge in [0.25, 0.3) is 0 Å². The van der Waals surface area contributed by atoms with Crippen LogP contribution in [0.15, 0.2) is 0 Å². The number of alkyl halides is 1. The Morgan fingerprint density at radius 1 is 1.06 bits per heavy atom. The van der Waals surface area contributed by atoms with Gasteiger partial charge in [-0.2, -0.15) is 5.10 Å². The summed E-state index contributed by atoms with van der Waals surface area (Å²) in [6, 6.07) is 1.20. The summed E-state index contributed by atoms with van der Waals surface area (Å²) in [5.74, 6) is 0.833. The molecule has 0 saturated carbocycles. The van der Waals surface area contributed by atoms with E-state index in [2.05, 4.69) is 36.0 Å². The molecule has 0 amide bonds. The monoisotopic (exact) mass is 296 g/mol. The number of piperidine rings is 1. The van der Waals surface area contributed by atoms with Gasteiger partial charge >= 0.3 is 0 Å². The van der Waals surface area contributed by atoms with Gasteiger partial charge in [0.2, 0.25) is 5.95 Å². The summed E-state index contributed by atoms with van der Waals surface area (Å²) in [5.41, 5.74) is 1.92. The van der Waals surface area contributed by atoms with Crippen LogP contribution in [-0.4, -0.2) is 32.1 Å². The lowest BCUT2D eigenvalue weighted by atomic mass is 10.0. The van der Waals surface area contributed by atoms with Crippen molar-refractivity contribution >= 4 is 21.9 Å². The third-order valence-electron chi connectivity index (χ3n) is 3.99. The molecular weight excluding hydrogens is 280 g/mol. The van der Waals surface area contributed by atoms with E-state index in [-0.39, 0.29) is 0 Å². The van der Waals surface area contributed by atoms with Crippen LogP contribution in [0.4, 0.5) is 5.95 Å². The molecule has 0 spiro atoms. The lowest BCUT2D eigenvalue weighted by molar-refractivity contribution is 0.472. The summed E-state index contributed by atoms with van der Waals surface area (Å²) < 4.78 is 0. The van der Waals surface area contributed by atoms with Crippen LogP contribution in [-0.2, 0) is 0 Å². The Kier molecular flexibility index (Phi) is 2.81. The van der Waals surface area contributed by atoms with Crippen LogP contribution in [0.2, 0.25) is 0 Å². The van der Waals surface area contributed by atoms with Crippen LogP contribution >= 0.6 is 15.9 Å². The molecule has 2 saturated heterocycles. The van der Waals surface area contributed by atoms with Gasteiger partial charge in [-0.3, -0.25) is 0 Å². The summed E-state index contributed by atoms with van der Waals surface area (Å²) >= 11 is 3.75. The van der Waals surface area contributed by atoms with Crippen molar-refractivity contribution in [2.24, 2.45) is 0 Å². The number of aromatic nitrogens is 3. The molecule has 0 radical (unpaired) electrons. The molecule has 0 N–H and O–H groups in total. The Hall–Kier alpha value is -0.710. The average molecular weight is 297 g/mol. The van der Waals surface area contributed by atoms with Gasteiger partial charge in [-0.05, 0) is 39.5 Å². The fraction of sp³-hybridized carbons (Fsp3) is 0.750. The minimum absolute atomic E-state index is 0.599. The van der Waals surface area contributed by atoms with E-state index >= 15 is 0 Å². The van der Waals surface area contributed by atoms with Crippen molar-refractivity contribution in [3.8, 4) is 0 Å². The number of rotatable bonds is 1. The molecule has 92 valence electrons. The Morgan fingerprint density at radius 3 is 2.29 bits per heavy atom. The molecule has 1 aromatic heterocycles. The first-order chi connectivity index (χ1) is 8.15. The van der Waals surface area contributed by atoms with Crippen LogP contribution in [0.5, 0.6) is 0 Å². The Morgan fingerprint density at radius 2 is 1.71 bits per heavy atom. The smallest absolute Gasteiger partial charge is 0.246 e. The van der Waals surface area contributed by atoms with Gasteiger partial charge in [0.1, 0.15) is 0 Å². The van der Waals surface area contributed by atoms with E-state index in [1.165, 1.54) is 25.7 Å². The molecule has 17 heavy (non-hydrogen) atoms. The van der Waals surface area contributed by atoms with Crippen LogP contribution in [0, 0.1) is 13.8 Å². The zero-order valence-electron chi connectivity index (χ0n) is 10.2. The van der Waals surface area contributed by atoms with E-state index in [0.29, 0.717) is 16.9 Å². The lowest BCUT2D eigenvalue weighted by Gasteiger charge is -2.36. The van der Waals surface area contributed by atoms with Gasteiger partial charge in [-0.15, -0.1) is 5.10 Å². The van der Waals surface area contributed by atoms with Gasteiger partial charge in [0, 0.05) is 16.9 Å². The fourth-order valence-electron chi connectivity index (χ4n) is 2.99. The van der Waals surface area contributed by atoms with Crippen molar-refractivity contribution in [2.75, 3.05) is 4.90 Å². The molecular formula is C12H17BrN4. The van der Waals surface area contributed by atoms with Crippen molar-refractivity contribution < 1.29 is 0 Å². The van der Waals surface area contributed by atoms with E-state index < -0.39 is 0 Å². The minimum Gasteiger partial charge on any atom is -0.333 e.